The van der Waals surface area contributed by atoms with Crippen molar-refractivity contribution in [1.82, 2.24) is 0 Å². The molecule has 0 bridgehead atoms. The topological polar surface area (TPSA) is 58.9 Å². The fourth-order valence-electron chi connectivity index (χ4n) is 3.80. The highest BCUT2D eigenvalue weighted by molar-refractivity contribution is 5.97. The van der Waals surface area contributed by atoms with Crippen LogP contribution in [0.1, 0.15) is 11.1 Å². The van der Waals surface area contributed by atoms with Crippen molar-refractivity contribution in [3.8, 4) is 34.1 Å². The van der Waals surface area contributed by atoms with Crippen LogP contribution in [-0.2, 0) is 6.18 Å². The Morgan fingerprint density at radius 1 is 0.941 bits per heavy atom. The number of phenols is 1. The van der Waals surface area contributed by atoms with Gasteiger partial charge in [0.15, 0.2) is 0 Å². The minimum absolute atomic E-state index is 0.0149. The minimum atomic E-state index is -4.73. The lowest BCUT2D eigenvalue weighted by Crippen LogP contribution is -2.11. The van der Waals surface area contributed by atoms with Crippen molar-refractivity contribution in [2.45, 2.75) is 13.1 Å². The molecule has 0 saturated carbocycles. The van der Waals surface area contributed by atoms with Crippen molar-refractivity contribution >= 4 is 10.8 Å². The van der Waals surface area contributed by atoms with E-state index in [-0.39, 0.29) is 23.9 Å². The summed E-state index contributed by atoms with van der Waals surface area (Å²) in [6.45, 7) is 1.04. The molecule has 0 aliphatic heterocycles. The van der Waals surface area contributed by atoms with E-state index in [0.29, 0.717) is 27.5 Å². The molecule has 2 N–H and O–H groups in total. The summed E-state index contributed by atoms with van der Waals surface area (Å²) >= 11 is 0. The number of aryl methyl sites for hydroxylation is 1. The summed E-state index contributed by atoms with van der Waals surface area (Å²) in [5, 5.41) is 19.9. The number of ether oxygens (including phenoxy) is 2. The number of hydrogen-bond acceptors (Lipinski definition) is 4. The van der Waals surface area contributed by atoms with Crippen LogP contribution in [0.4, 0.5) is 17.6 Å². The predicted molar refractivity (Wildman–Crippen MR) is 120 cm³/mol. The lowest BCUT2D eigenvalue weighted by atomic mass is 9.94. The van der Waals surface area contributed by atoms with Crippen LogP contribution < -0.4 is 9.47 Å². The first-order chi connectivity index (χ1) is 16.2. The van der Waals surface area contributed by atoms with Gasteiger partial charge in [0.2, 0.25) is 0 Å². The Hall–Kier alpha value is -3.78. The number of rotatable bonds is 6. The molecule has 0 unspecified atom stereocenters. The van der Waals surface area contributed by atoms with Crippen molar-refractivity contribution in [1.29, 1.82) is 0 Å². The van der Waals surface area contributed by atoms with Gasteiger partial charge in [-0.3, -0.25) is 0 Å². The number of aliphatic hydroxyl groups excluding tert-OH is 1. The Balaban J connectivity index is 1.91. The molecule has 4 aromatic rings. The molecule has 8 heteroatoms. The Morgan fingerprint density at radius 3 is 2.44 bits per heavy atom. The maximum Gasteiger partial charge on any atom is 0.420 e. The summed E-state index contributed by atoms with van der Waals surface area (Å²) in [6, 6.07) is 15.4. The molecule has 0 atom stereocenters. The highest BCUT2D eigenvalue weighted by atomic mass is 19.4. The predicted octanol–water partition coefficient (Wildman–Crippen LogP) is 6.84. The molecule has 0 fully saturated rings. The monoisotopic (exact) mass is 472 g/mol. The number of aliphatic hydroxyl groups is 1. The van der Waals surface area contributed by atoms with E-state index >= 15 is 0 Å². The van der Waals surface area contributed by atoms with E-state index in [1.807, 2.05) is 0 Å². The van der Waals surface area contributed by atoms with Crippen molar-refractivity contribution in [3.63, 3.8) is 0 Å². The standard InChI is InChI=1S/C26H20F4O4/c1-15-11-17-13-19(32)5-7-21(17)25(24(15)16-3-2-4-18(27)12-16)34-20-6-8-23(33-10-9-31)22(14-20)26(28,29)30/h2-8,11-14,31-32H,9-10H2,1H3. The molecule has 0 aliphatic carbocycles. The normalized spacial score (nSPS) is 11.6. The molecular formula is C26H20F4O4. The van der Waals surface area contributed by atoms with E-state index in [1.54, 1.807) is 25.1 Å². The first kappa shape index (κ1) is 23.4. The average molecular weight is 472 g/mol. The molecule has 0 spiro atoms. The van der Waals surface area contributed by atoms with Crippen molar-refractivity contribution in [2.24, 2.45) is 0 Å². The molecule has 34 heavy (non-hydrogen) atoms. The molecule has 0 aromatic heterocycles. The largest absolute Gasteiger partial charge is 0.508 e. The number of halogens is 4. The van der Waals surface area contributed by atoms with Crippen molar-refractivity contribution in [2.75, 3.05) is 13.2 Å². The van der Waals surface area contributed by atoms with Gasteiger partial charge in [0.25, 0.3) is 0 Å². The third-order valence-corrected chi connectivity index (χ3v) is 5.21. The average Bonchev–Trinajstić information content (AvgIpc) is 2.77. The summed E-state index contributed by atoms with van der Waals surface area (Å²) in [6.07, 6.45) is -4.73. The van der Waals surface area contributed by atoms with Crippen LogP contribution in [-0.4, -0.2) is 23.4 Å². The Kier molecular flexibility index (Phi) is 6.34. The molecular weight excluding hydrogens is 452 g/mol. The number of aromatic hydroxyl groups is 1. The van der Waals surface area contributed by atoms with Gasteiger partial charge in [0.05, 0.1) is 6.61 Å². The van der Waals surface area contributed by atoms with E-state index in [4.69, 9.17) is 14.6 Å². The fraction of sp³-hybridized carbons (Fsp3) is 0.154. The molecule has 4 nitrogen and oxygen atoms in total. The molecule has 0 radical (unpaired) electrons. The summed E-state index contributed by atoms with van der Waals surface area (Å²) in [5.74, 6) is -0.781. The van der Waals surface area contributed by atoms with Gasteiger partial charge >= 0.3 is 6.18 Å². The highest BCUT2D eigenvalue weighted by Crippen LogP contribution is 2.45. The van der Waals surface area contributed by atoms with E-state index in [2.05, 4.69) is 0 Å². The van der Waals surface area contributed by atoms with Crippen LogP contribution >= 0.6 is 0 Å². The second-order valence-corrected chi connectivity index (χ2v) is 7.64. The van der Waals surface area contributed by atoms with Gasteiger partial charge in [0.1, 0.15) is 41.0 Å². The van der Waals surface area contributed by atoms with Crippen molar-refractivity contribution < 1.29 is 37.2 Å². The van der Waals surface area contributed by atoms with Gasteiger partial charge in [-0.15, -0.1) is 0 Å². The minimum Gasteiger partial charge on any atom is -0.508 e. The van der Waals surface area contributed by atoms with E-state index in [9.17, 15) is 22.7 Å². The summed E-state index contributed by atoms with van der Waals surface area (Å²) in [7, 11) is 0. The van der Waals surface area contributed by atoms with E-state index in [1.165, 1.54) is 36.4 Å². The van der Waals surface area contributed by atoms with E-state index in [0.717, 1.165) is 12.1 Å². The van der Waals surface area contributed by atoms with Gasteiger partial charge in [-0.2, -0.15) is 13.2 Å². The molecule has 0 amide bonds. The molecule has 4 rings (SSSR count). The third kappa shape index (κ3) is 4.77. The first-order valence-corrected chi connectivity index (χ1v) is 10.3. The second-order valence-electron chi connectivity index (χ2n) is 7.64. The molecule has 0 saturated heterocycles. The lowest BCUT2D eigenvalue weighted by molar-refractivity contribution is -0.139. The Labute approximate surface area is 192 Å². The molecule has 4 aromatic carbocycles. The van der Waals surface area contributed by atoms with Crippen LogP contribution in [0.2, 0.25) is 0 Å². The number of fused-ring (bicyclic) bond motifs is 1. The van der Waals surface area contributed by atoms with Crippen LogP contribution in [0, 0.1) is 12.7 Å². The SMILES string of the molecule is Cc1cc2cc(O)ccc2c(Oc2ccc(OCCO)c(C(F)(F)F)c2)c1-c1cccc(F)c1. The van der Waals surface area contributed by atoms with Gasteiger partial charge in [-0.05, 0) is 72.0 Å². The van der Waals surface area contributed by atoms with Crippen LogP contribution in [0.5, 0.6) is 23.0 Å². The quantitative estimate of drug-likeness (QED) is 0.302. The lowest BCUT2D eigenvalue weighted by Gasteiger charge is -2.19. The summed E-state index contributed by atoms with van der Waals surface area (Å²) in [5.41, 5.74) is 0.617. The Morgan fingerprint density at radius 2 is 1.74 bits per heavy atom. The highest BCUT2D eigenvalue weighted by Gasteiger charge is 2.35. The molecule has 0 heterocycles. The molecule has 0 aliphatic rings. The third-order valence-electron chi connectivity index (χ3n) is 5.21. The summed E-state index contributed by atoms with van der Waals surface area (Å²) in [4.78, 5) is 0. The van der Waals surface area contributed by atoms with Crippen LogP contribution in [0.15, 0.2) is 66.7 Å². The maximum absolute atomic E-state index is 14.0. The van der Waals surface area contributed by atoms with Gasteiger partial charge in [-0.1, -0.05) is 18.2 Å². The Bertz CT molecular complexity index is 1350. The van der Waals surface area contributed by atoms with Crippen molar-refractivity contribution in [3.05, 3.63) is 83.7 Å². The second kappa shape index (κ2) is 9.23. The van der Waals surface area contributed by atoms with Gasteiger partial charge in [-0.25, -0.2) is 4.39 Å². The van der Waals surface area contributed by atoms with Gasteiger partial charge in [0, 0.05) is 10.9 Å². The van der Waals surface area contributed by atoms with E-state index < -0.39 is 29.9 Å². The number of benzene rings is 4. The van der Waals surface area contributed by atoms with Crippen LogP contribution in [0.25, 0.3) is 21.9 Å². The zero-order chi connectivity index (χ0) is 24.5. The fourth-order valence-corrected chi connectivity index (χ4v) is 3.80. The smallest absolute Gasteiger partial charge is 0.420 e. The zero-order valence-electron chi connectivity index (χ0n) is 18.0. The van der Waals surface area contributed by atoms with Crippen LogP contribution in [0.3, 0.4) is 0 Å². The summed E-state index contributed by atoms with van der Waals surface area (Å²) < 4.78 is 66.1. The number of phenolic OH excluding ortho intramolecular Hbond substituents is 1. The number of hydrogen-bond donors (Lipinski definition) is 2. The zero-order valence-corrected chi connectivity index (χ0v) is 18.0. The molecule has 176 valence electrons. The maximum atomic E-state index is 14.0. The van der Waals surface area contributed by atoms with Gasteiger partial charge < -0.3 is 19.7 Å². The first-order valence-electron chi connectivity index (χ1n) is 10.3. The number of alkyl halides is 3.